The number of anilines is 1. The van der Waals surface area contributed by atoms with Crippen LogP contribution in [0.1, 0.15) is 21.1 Å². The van der Waals surface area contributed by atoms with E-state index in [-0.39, 0.29) is 5.91 Å². The van der Waals surface area contributed by atoms with E-state index in [1.807, 2.05) is 38.1 Å². The molecule has 0 spiro atoms. The summed E-state index contributed by atoms with van der Waals surface area (Å²) >= 11 is 4.73. The Morgan fingerprint density at radius 3 is 2.59 bits per heavy atom. The Labute approximate surface area is 139 Å². The molecule has 1 aromatic carbocycles. The average Bonchev–Trinajstić information content (AvgIpc) is 3.06. The number of nitrogens with one attached hydrogen (secondary N) is 1. The Balaban J connectivity index is 1.86. The smallest absolute Gasteiger partial charge is 0.260 e. The fraction of sp³-hybridized carbons (Fsp3) is 0.143. The van der Waals surface area contributed by atoms with Gasteiger partial charge < -0.3 is 0 Å². The third kappa shape index (κ3) is 2.93. The molecule has 112 valence electrons. The van der Waals surface area contributed by atoms with E-state index in [1.54, 1.807) is 10.9 Å². The van der Waals surface area contributed by atoms with Crippen molar-refractivity contribution in [2.75, 3.05) is 5.32 Å². The van der Waals surface area contributed by atoms with Crippen molar-refractivity contribution < 1.29 is 4.79 Å². The molecule has 2 aromatic heterocycles. The highest BCUT2D eigenvalue weighted by Crippen LogP contribution is 2.19. The van der Waals surface area contributed by atoms with Crippen LogP contribution in [0.5, 0.6) is 0 Å². The second-order valence-corrected chi connectivity index (χ2v) is 6.71. The van der Waals surface area contributed by atoms with Gasteiger partial charge in [-0.2, -0.15) is 5.10 Å². The topological polar surface area (TPSA) is 72.7 Å². The Bertz CT molecular complexity index is 824. The van der Waals surface area contributed by atoms with E-state index in [9.17, 15) is 4.79 Å². The standard InChI is InChI=1S/C14H12BrN5OS/c1-8-12(13(21)17-14-19-18-9(2)22-14)7-16-20(8)11-5-3-10(15)4-6-11/h3-7H,1-2H3,(H,17,19,21). The minimum Gasteiger partial charge on any atom is -0.296 e. The number of halogens is 1. The van der Waals surface area contributed by atoms with E-state index >= 15 is 0 Å². The molecule has 0 fully saturated rings. The van der Waals surface area contributed by atoms with Crippen molar-refractivity contribution in [2.24, 2.45) is 0 Å². The second-order valence-electron chi connectivity index (χ2n) is 4.61. The molecule has 0 aliphatic rings. The number of hydrogen-bond acceptors (Lipinski definition) is 5. The van der Waals surface area contributed by atoms with E-state index in [0.29, 0.717) is 10.7 Å². The third-order valence-electron chi connectivity index (χ3n) is 3.07. The minimum atomic E-state index is -0.239. The van der Waals surface area contributed by atoms with Gasteiger partial charge in [0.2, 0.25) is 5.13 Å². The molecule has 3 rings (SSSR count). The van der Waals surface area contributed by atoms with Crippen LogP contribution in [-0.2, 0) is 0 Å². The first kappa shape index (κ1) is 14.9. The molecule has 0 atom stereocenters. The Morgan fingerprint density at radius 1 is 1.23 bits per heavy atom. The lowest BCUT2D eigenvalue weighted by molar-refractivity contribution is 0.102. The first-order chi connectivity index (χ1) is 10.5. The summed E-state index contributed by atoms with van der Waals surface area (Å²) in [5, 5.41) is 16.1. The molecule has 0 unspecified atom stereocenters. The highest BCUT2D eigenvalue weighted by molar-refractivity contribution is 9.10. The molecule has 3 aromatic rings. The number of amides is 1. The van der Waals surface area contributed by atoms with Crippen molar-refractivity contribution >= 4 is 38.3 Å². The molecule has 1 N–H and O–H groups in total. The molecule has 8 heteroatoms. The van der Waals surface area contributed by atoms with Gasteiger partial charge in [-0.05, 0) is 38.1 Å². The molecule has 0 saturated carbocycles. The molecule has 0 aliphatic carbocycles. The van der Waals surface area contributed by atoms with Crippen molar-refractivity contribution in [2.45, 2.75) is 13.8 Å². The van der Waals surface area contributed by atoms with Gasteiger partial charge in [-0.15, -0.1) is 10.2 Å². The minimum absolute atomic E-state index is 0.239. The SMILES string of the molecule is Cc1nnc(NC(=O)c2cnn(-c3ccc(Br)cc3)c2C)s1. The maximum Gasteiger partial charge on any atom is 0.260 e. The lowest BCUT2D eigenvalue weighted by Gasteiger charge is -2.05. The molecule has 2 heterocycles. The summed E-state index contributed by atoms with van der Waals surface area (Å²) in [7, 11) is 0. The van der Waals surface area contributed by atoms with E-state index in [4.69, 9.17) is 0 Å². The summed E-state index contributed by atoms with van der Waals surface area (Å²) in [6.07, 6.45) is 1.56. The predicted octanol–water partition coefficient (Wildman–Crippen LogP) is 3.36. The van der Waals surface area contributed by atoms with E-state index in [0.717, 1.165) is 20.9 Å². The van der Waals surface area contributed by atoms with Gasteiger partial charge in [-0.3, -0.25) is 10.1 Å². The summed E-state index contributed by atoms with van der Waals surface area (Å²) in [6, 6.07) is 7.72. The number of nitrogens with zero attached hydrogens (tertiary/aromatic N) is 4. The van der Waals surface area contributed by atoms with Crippen molar-refractivity contribution in [3.8, 4) is 5.69 Å². The molecule has 0 saturated heterocycles. The molecule has 22 heavy (non-hydrogen) atoms. The zero-order valence-electron chi connectivity index (χ0n) is 11.9. The van der Waals surface area contributed by atoms with Gasteiger partial charge >= 0.3 is 0 Å². The summed E-state index contributed by atoms with van der Waals surface area (Å²) in [6.45, 7) is 3.69. The van der Waals surface area contributed by atoms with Gasteiger partial charge in [0.05, 0.1) is 23.1 Å². The Morgan fingerprint density at radius 2 is 1.95 bits per heavy atom. The van der Waals surface area contributed by atoms with Gasteiger partial charge in [-0.1, -0.05) is 27.3 Å². The van der Waals surface area contributed by atoms with Crippen molar-refractivity contribution in [3.05, 3.63) is 51.2 Å². The average molecular weight is 378 g/mol. The van der Waals surface area contributed by atoms with Gasteiger partial charge in [0.15, 0.2) is 0 Å². The molecular weight excluding hydrogens is 366 g/mol. The van der Waals surface area contributed by atoms with Gasteiger partial charge in [0, 0.05) is 4.47 Å². The molecule has 0 bridgehead atoms. The van der Waals surface area contributed by atoms with E-state index in [2.05, 4.69) is 36.5 Å². The molecule has 0 radical (unpaired) electrons. The van der Waals surface area contributed by atoms with Crippen LogP contribution >= 0.6 is 27.3 Å². The number of rotatable bonds is 3. The first-order valence-corrected chi connectivity index (χ1v) is 8.07. The summed E-state index contributed by atoms with van der Waals surface area (Å²) < 4.78 is 2.72. The number of carbonyl (C=O) groups excluding carboxylic acids is 1. The zero-order chi connectivity index (χ0) is 15.7. The summed E-state index contributed by atoms with van der Waals surface area (Å²) in [4.78, 5) is 12.3. The molecule has 0 aliphatic heterocycles. The number of aryl methyl sites for hydroxylation is 1. The van der Waals surface area contributed by atoms with Crippen LogP contribution in [0.25, 0.3) is 5.69 Å². The van der Waals surface area contributed by atoms with E-state index < -0.39 is 0 Å². The van der Waals surface area contributed by atoms with Gasteiger partial charge in [0.1, 0.15) is 5.01 Å². The maximum absolute atomic E-state index is 12.3. The second kappa shape index (κ2) is 5.98. The van der Waals surface area contributed by atoms with Crippen LogP contribution < -0.4 is 5.32 Å². The fourth-order valence-corrected chi connectivity index (χ4v) is 2.84. The van der Waals surface area contributed by atoms with Crippen LogP contribution in [-0.4, -0.2) is 25.9 Å². The van der Waals surface area contributed by atoms with Crippen LogP contribution in [0.2, 0.25) is 0 Å². The largest absolute Gasteiger partial charge is 0.296 e. The number of benzene rings is 1. The van der Waals surface area contributed by atoms with Crippen molar-refractivity contribution in [3.63, 3.8) is 0 Å². The van der Waals surface area contributed by atoms with E-state index in [1.165, 1.54) is 11.3 Å². The van der Waals surface area contributed by atoms with Gasteiger partial charge in [0.25, 0.3) is 5.91 Å². The number of carbonyl (C=O) groups is 1. The summed E-state index contributed by atoms with van der Waals surface area (Å²) in [5.74, 6) is -0.239. The highest BCUT2D eigenvalue weighted by atomic mass is 79.9. The first-order valence-electron chi connectivity index (χ1n) is 6.46. The number of aromatic nitrogens is 4. The van der Waals surface area contributed by atoms with Crippen molar-refractivity contribution in [1.29, 1.82) is 0 Å². The molecule has 6 nitrogen and oxygen atoms in total. The summed E-state index contributed by atoms with van der Waals surface area (Å²) in [5.41, 5.74) is 2.17. The highest BCUT2D eigenvalue weighted by Gasteiger charge is 2.16. The quantitative estimate of drug-likeness (QED) is 0.759. The molecular formula is C14H12BrN5OS. The maximum atomic E-state index is 12.3. The predicted molar refractivity (Wildman–Crippen MR) is 88.6 cm³/mol. The zero-order valence-corrected chi connectivity index (χ0v) is 14.3. The number of hydrogen-bond donors (Lipinski definition) is 1. The van der Waals surface area contributed by atoms with Crippen LogP contribution in [0, 0.1) is 13.8 Å². The van der Waals surface area contributed by atoms with Crippen molar-refractivity contribution in [1.82, 2.24) is 20.0 Å². The Hall–Kier alpha value is -2.06. The van der Waals surface area contributed by atoms with Crippen LogP contribution in [0.3, 0.4) is 0 Å². The van der Waals surface area contributed by atoms with Crippen LogP contribution in [0.4, 0.5) is 5.13 Å². The molecule has 1 amide bonds. The van der Waals surface area contributed by atoms with Crippen LogP contribution in [0.15, 0.2) is 34.9 Å². The third-order valence-corrected chi connectivity index (χ3v) is 4.35. The monoisotopic (exact) mass is 377 g/mol. The van der Waals surface area contributed by atoms with Gasteiger partial charge in [-0.25, -0.2) is 4.68 Å². The Kier molecular flexibility index (Phi) is 4.04. The lowest BCUT2D eigenvalue weighted by Crippen LogP contribution is -2.13. The lowest BCUT2D eigenvalue weighted by atomic mass is 10.2. The normalized spacial score (nSPS) is 10.7. The fourth-order valence-electron chi connectivity index (χ4n) is 1.99.